The molecule has 3 heterocycles. The Labute approximate surface area is 339 Å². The number of aromatic nitrogens is 5. The van der Waals surface area contributed by atoms with Crippen molar-refractivity contribution >= 4 is 21.8 Å². The molecule has 0 radical (unpaired) electrons. The molecule has 0 aliphatic rings. The summed E-state index contributed by atoms with van der Waals surface area (Å²) in [7, 11) is 0. The van der Waals surface area contributed by atoms with E-state index in [1.807, 2.05) is 95.7 Å². The standard InChI is InChI=1S/C48H34N6O.Pt/c1-48(2,3)36-24-25-50-45(28-36)54-43-23-20-32(30-49)26-42(43)41-22-21-38(29-44(41)54)55-37-17-10-16-35(27-37)47-52-51-31-53(47)46-39(33-12-6-4-7-13-33)18-11-19-40(46)34-14-8-5-9-15-34;/h4-26,28,31H,1-3H3;/q-2;+2. The van der Waals surface area contributed by atoms with Crippen LogP contribution in [0.3, 0.4) is 0 Å². The van der Waals surface area contributed by atoms with Gasteiger partial charge in [0.15, 0.2) is 0 Å². The Hall–Kier alpha value is -6.61. The molecule has 7 nitrogen and oxygen atoms in total. The van der Waals surface area contributed by atoms with Gasteiger partial charge in [-0.05, 0) is 57.8 Å². The molecule has 56 heavy (non-hydrogen) atoms. The molecular weight excluding hydrogens is 872 g/mol. The normalized spacial score (nSPS) is 11.3. The molecule has 0 fully saturated rings. The topological polar surface area (TPSA) is 81.5 Å². The number of pyridine rings is 1. The van der Waals surface area contributed by atoms with Gasteiger partial charge in [-0.2, -0.15) is 16.4 Å². The molecule has 0 amide bonds. The minimum atomic E-state index is -0.0692. The maximum Gasteiger partial charge on any atom is 2.00 e. The summed E-state index contributed by atoms with van der Waals surface area (Å²) in [6, 6.07) is 55.9. The van der Waals surface area contributed by atoms with Crippen LogP contribution in [0.1, 0.15) is 31.9 Å². The maximum atomic E-state index is 9.72. The summed E-state index contributed by atoms with van der Waals surface area (Å²) < 4.78 is 10.6. The second-order valence-electron chi connectivity index (χ2n) is 14.4. The summed E-state index contributed by atoms with van der Waals surface area (Å²) >= 11 is 0. The van der Waals surface area contributed by atoms with Crippen molar-refractivity contribution in [3.63, 3.8) is 0 Å². The predicted octanol–water partition coefficient (Wildman–Crippen LogP) is 11.3. The van der Waals surface area contributed by atoms with Crippen molar-refractivity contribution in [1.82, 2.24) is 24.3 Å². The van der Waals surface area contributed by atoms with Gasteiger partial charge in [0, 0.05) is 34.3 Å². The van der Waals surface area contributed by atoms with E-state index in [1.54, 1.807) is 6.33 Å². The van der Waals surface area contributed by atoms with Gasteiger partial charge in [-0.1, -0.05) is 111 Å². The molecule has 0 atom stereocenters. The zero-order chi connectivity index (χ0) is 37.5. The summed E-state index contributed by atoms with van der Waals surface area (Å²) in [5.74, 6) is 2.41. The van der Waals surface area contributed by atoms with Crippen LogP contribution in [0.2, 0.25) is 0 Å². The van der Waals surface area contributed by atoms with Crippen LogP contribution in [-0.4, -0.2) is 24.3 Å². The smallest absolute Gasteiger partial charge is 0.503 e. The van der Waals surface area contributed by atoms with E-state index in [-0.39, 0.29) is 26.5 Å². The first-order chi connectivity index (χ1) is 26.9. The van der Waals surface area contributed by atoms with Crippen LogP contribution >= 0.6 is 0 Å². The molecule has 0 N–H and O–H groups in total. The van der Waals surface area contributed by atoms with Crippen LogP contribution < -0.4 is 4.74 Å². The molecule has 6 aromatic carbocycles. The van der Waals surface area contributed by atoms with Gasteiger partial charge in [-0.15, -0.1) is 46.4 Å². The number of benzene rings is 6. The number of hydrogen-bond acceptors (Lipinski definition) is 5. The van der Waals surface area contributed by atoms with Crippen LogP contribution in [0.4, 0.5) is 0 Å². The fraction of sp³-hybridized carbons (Fsp3) is 0.0833. The monoisotopic (exact) mass is 905 g/mol. The third kappa shape index (κ3) is 6.70. The Bertz CT molecular complexity index is 2840. The van der Waals surface area contributed by atoms with E-state index in [2.05, 4.69) is 108 Å². The largest absolute Gasteiger partial charge is 2.00 e. The Morgan fingerprint density at radius 3 is 2.09 bits per heavy atom. The SMILES string of the molecule is CC(C)(C)c1ccnc(-n2c3[c-]c(Oc4[c-]c(-c5nncn5-c5c(-c6ccccc6)cccc5-c5ccccc5)ccc4)ccc3c3cc(C#N)ccc32)c1.[Pt+2]. The Balaban J connectivity index is 0.00000441. The minimum Gasteiger partial charge on any atom is -0.503 e. The quantitative estimate of drug-likeness (QED) is 0.149. The predicted molar refractivity (Wildman–Crippen MR) is 217 cm³/mol. The van der Waals surface area contributed by atoms with Gasteiger partial charge in [-0.3, -0.25) is 0 Å². The van der Waals surface area contributed by atoms with Gasteiger partial charge < -0.3 is 13.9 Å². The van der Waals surface area contributed by atoms with Gasteiger partial charge in [-0.25, -0.2) is 4.98 Å². The Morgan fingerprint density at radius 2 is 1.39 bits per heavy atom. The molecule has 3 aromatic heterocycles. The minimum absolute atomic E-state index is 0. The maximum absolute atomic E-state index is 9.72. The van der Waals surface area contributed by atoms with Crippen molar-refractivity contribution < 1.29 is 25.8 Å². The molecule has 0 spiro atoms. The average molecular weight is 906 g/mol. The summed E-state index contributed by atoms with van der Waals surface area (Å²) in [5.41, 5.74) is 9.38. The van der Waals surface area contributed by atoms with Crippen molar-refractivity contribution in [3.8, 4) is 62.7 Å². The Kier molecular flexibility index (Phi) is 9.68. The van der Waals surface area contributed by atoms with Gasteiger partial charge in [0.1, 0.15) is 12.1 Å². The fourth-order valence-corrected chi connectivity index (χ4v) is 7.14. The number of fused-ring (bicyclic) bond motifs is 3. The molecule has 0 bridgehead atoms. The molecule has 0 aliphatic heterocycles. The number of para-hydroxylation sites is 1. The van der Waals surface area contributed by atoms with E-state index in [9.17, 15) is 5.26 Å². The summed E-state index contributed by atoms with van der Waals surface area (Å²) in [6.07, 6.45) is 3.60. The number of rotatable bonds is 7. The molecule has 0 saturated carbocycles. The summed E-state index contributed by atoms with van der Waals surface area (Å²) in [6.45, 7) is 6.56. The number of ether oxygens (including phenoxy) is 1. The number of hydrogen-bond donors (Lipinski definition) is 0. The van der Waals surface area contributed by atoms with Crippen molar-refractivity contribution in [1.29, 1.82) is 5.26 Å². The van der Waals surface area contributed by atoms with Gasteiger partial charge in [0.25, 0.3) is 0 Å². The second-order valence-corrected chi connectivity index (χ2v) is 14.4. The summed E-state index contributed by atoms with van der Waals surface area (Å²) in [4.78, 5) is 4.79. The average Bonchev–Trinajstić information content (AvgIpc) is 3.84. The van der Waals surface area contributed by atoms with E-state index >= 15 is 0 Å². The fourth-order valence-electron chi connectivity index (χ4n) is 7.14. The van der Waals surface area contributed by atoms with Gasteiger partial charge >= 0.3 is 21.1 Å². The van der Waals surface area contributed by atoms with E-state index in [1.165, 1.54) is 0 Å². The molecule has 0 unspecified atom stereocenters. The van der Waals surface area contributed by atoms with Gasteiger partial charge in [0.05, 0.1) is 23.1 Å². The number of nitrogens with zero attached hydrogens (tertiary/aromatic N) is 6. The van der Waals surface area contributed by atoms with E-state index in [0.29, 0.717) is 22.9 Å². The molecular formula is C48H34N6OPt. The molecule has 272 valence electrons. The zero-order valence-corrected chi connectivity index (χ0v) is 33.1. The van der Waals surface area contributed by atoms with E-state index in [4.69, 9.17) is 9.72 Å². The van der Waals surface area contributed by atoms with E-state index < -0.39 is 0 Å². The first kappa shape index (κ1) is 36.4. The van der Waals surface area contributed by atoms with Crippen molar-refractivity contribution in [2.45, 2.75) is 26.2 Å². The first-order valence-electron chi connectivity index (χ1n) is 18.1. The summed E-state index contributed by atoms with van der Waals surface area (Å²) in [5, 5.41) is 20.6. The van der Waals surface area contributed by atoms with Crippen molar-refractivity contribution in [3.05, 3.63) is 175 Å². The van der Waals surface area contributed by atoms with Gasteiger partial charge in [0.2, 0.25) is 0 Å². The van der Waals surface area contributed by atoms with E-state index in [0.717, 1.165) is 66.7 Å². The molecule has 0 aliphatic carbocycles. The third-order valence-electron chi connectivity index (χ3n) is 9.84. The molecule has 9 aromatic rings. The first-order valence-corrected chi connectivity index (χ1v) is 18.1. The van der Waals surface area contributed by atoms with Crippen LogP contribution in [0.25, 0.3) is 67.0 Å². The van der Waals surface area contributed by atoms with Crippen LogP contribution in [-0.2, 0) is 26.5 Å². The molecule has 9 rings (SSSR count). The van der Waals surface area contributed by atoms with Crippen LogP contribution in [0.15, 0.2) is 152 Å². The second kappa shape index (κ2) is 14.9. The third-order valence-corrected chi connectivity index (χ3v) is 9.84. The van der Waals surface area contributed by atoms with Crippen LogP contribution in [0, 0.1) is 23.5 Å². The molecule has 0 saturated heterocycles. The van der Waals surface area contributed by atoms with Crippen molar-refractivity contribution in [2.24, 2.45) is 0 Å². The van der Waals surface area contributed by atoms with Crippen molar-refractivity contribution in [2.75, 3.05) is 0 Å². The Morgan fingerprint density at radius 1 is 0.696 bits per heavy atom. The number of nitriles is 1. The zero-order valence-electron chi connectivity index (χ0n) is 30.8. The van der Waals surface area contributed by atoms with Crippen LogP contribution in [0.5, 0.6) is 11.5 Å². The molecule has 8 heteroatoms.